The molecule has 4 rings (SSSR count). The van der Waals surface area contributed by atoms with Crippen LogP contribution in [0.4, 0.5) is 0 Å². The van der Waals surface area contributed by atoms with Gasteiger partial charge in [-0.2, -0.15) is 0 Å². The highest BCUT2D eigenvalue weighted by Gasteiger charge is 2.28. The lowest BCUT2D eigenvalue weighted by atomic mass is 10.1. The molecule has 1 atom stereocenters. The number of ether oxygens (including phenoxy) is 2. The zero-order chi connectivity index (χ0) is 20.2. The van der Waals surface area contributed by atoms with E-state index in [1.807, 2.05) is 39.0 Å². The molecule has 1 heterocycles. The van der Waals surface area contributed by atoms with E-state index < -0.39 is 7.82 Å². The summed E-state index contributed by atoms with van der Waals surface area (Å²) in [5.74, 6) is 0.441. The fourth-order valence-corrected chi connectivity index (χ4v) is 3.80. The summed E-state index contributed by atoms with van der Waals surface area (Å²) in [4.78, 5) is 9.85. The smallest absolute Gasteiger partial charge is 0.399 e. The van der Waals surface area contributed by atoms with Crippen LogP contribution in [0.25, 0.3) is 6.08 Å². The molecule has 2 aromatic rings. The number of rotatable bonds is 4. The number of hydrogen-bond donors (Lipinski definition) is 1. The first kappa shape index (κ1) is 20.6. The Morgan fingerprint density at radius 2 is 1.68 bits per heavy atom. The lowest BCUT2D eigenvalue weighted by Crippen LogP contribution is -2.18. The number of para-hydroxylation sites is 1. The maximum atomic E-state index is 12.0. The van der Waals surface area contributed by atoms with E-state index in [-0.39, 0.29) is 5.79 Å². The molecule has 0 amide bonds. The molecule has 28 heavy (non-hydrogen) atoms. The summed E-state index contributed by atoms with van der Waals surface area (Å²) in [5, 5.41) is 0. The lowest BCUT2D eigenvalue weighted by molar-refractivity contribution is -0.125. The van der Waals surface area contributed by atoms with Crippen molar-refractivity contribution < 1.29 is 28.0 Å². The molecule has 7 heteroatoms. The van der Waals surface area contributed by atoms with Gasteiger partial charge in [-0.05, 0) is 55.7 Å². The molecular formula is C21H25O6P. The third-order valence-corrected chi connectivity index (χ3v) is 5.17. The Hall–Kier alpha value is -2.11. The molecule has 1 fully saturated rings. The van der Waals surface area contributed by atoms with Crippen LogP contribution in [0.3, 0.4) is 0 Å². The summed E-state index contributed by atoms with van der Waals surface area (Å²) < 4.78 is 32.5. The standard InChI is InChI=1S/C16H15O4P.C5H10O2/c1-12-6-5-7-13-10-15(11-16(12)13)20-21(17,18)19-14-8-3-2-4-9-14;1-5(2)6-3-4-7-5/h2-9,11H,10H2,1H3,(H,17,18);3-4H2,1-2H3. The van der Waals surface area contributed by atoms with Crippen molar-refractivity contribution in [2.75, 3.05) is 13.2 Å². The second-order valence-electron chi connectivity index (χ2n) is 7.00. The molecule has 1 unspecified atom stereocenters. The van der Waals surface area contributed by atoms with Gasteiger partial charge in [-0.3, -0.25) is 4.89 Å². The molecule has 0 saturated carbocycles. The van der Waals surface area contributed by atoms with E-state index in [0.29, 0.717) is 17.9 Å². The van der Waals surface area contributed by atoms with Gasteiger partial charge in [0.15, 0.2) is 5.79 Å². The summed E-state index contributed by atoms with van der Waals surface area (Å²) in [6.07, 6.45) is 2.29. The highest BCUT2D eigenvalue weighted by Crippen LogP contribution is 2.47. The Morgan fingerprint density at radius 3 is 2.25 bits per heavy atom. The fourth-order valence-electron chi connectivity index (χ4n) is 2.96. The van der Waals surface area contributed by atoms with Crippen molar-refractivity contribution in [1.29, 1.82) is 0 Å². The van der Waals surface area contributed by atoms with Crippen LogP contribution in [-0.2, 0) is 25.0 Å². The molecule has 1 aliphatic carbocycles. The minimum Gasteiger partial charge on any atom is -0.399 e. The van der Waals surface area contributed by atoms with Crippen LogP contribution in [-0.4, -0.2) is 23.9 Å². The summed E-state index contributed by atoms with van der Waals surface area (Å²) in [6.45, 7) is 7.32. The first-order valence-electron chi connectivity index (χ1n) is 9.08. The first-order valence-corrected chi connectivity index (χ1v) is 10.6. The number of hydrogen-bond acceptors (Lipinski definition) is 5. The van der Waals surface area contributed by atoms with Crippen LogP contribution in [0.2, 0.25) is 0 Å². The average Bonchev–Trinajstić information content (AvgIpc) is 3.21. The average molecular weight is 404 g/mol. The number of fused-ring (bicyclic) bond motifs is 1. The van der Waals surface area contributed by atoms with E-state index >= 15 is 0 Å². The molecule has 2 aliphatic rings. The second kappa shape index (κ2) is 8.50. The Bertz CT molecular complexity index is 883. The van der Waals surface area contributed by atoms with Gasteiger partial charge in [0, 0.05) is 6.42 Å². The van der Waals surface area contributed by atoms with Crippen molar-refractivity contribution in [2.45, 2.75) is 33.0 Å². The third-order valence-electron chi connectivity index (χ3n) is 4.26. The molecule has 150 valence electrons. The fraction of sp³-hybridized carbons (Fsp3) is 0.333. The second-order valence-corrected chi connectivity index (χ2v) is 8.30. The maximum absolute atomic E-state index is 12.0. The van der Waals surface area contributed by atoms with Gasteiger partial charge >= 0.3 is 7.82 Å². The van der Waals surface area contributed by atoms with Crippen LogP contribution in [0.1, 0.15) is 30.5 Å². The van der Waals surface area contributed by atoms with Gasteiger partial charge in [-0.15, -0.1) is 0 Å². The van der Waals surface area contributed by atoms with Crippen LogP contribution in [0, 0.1) is 6.92 Å². The number of aryl methyl sites for hydroxylation is 1. The van der Waals surface area contributed by atoms with Crippen molar-refractivity contribution in [2.24, 2.45) is 0 Å². The predicted molar refractivity (Wildman–Crippen MR) is 107 cm³/mol. The van der Waals surface area contributed by atoms with E-state index in [9.17, 15) is 9.46 Å². The van der Waals surface area contributed by atoms with Crippen molar-refractivity contribution in [1.82, 2.24) is 0 Å². The van der Waals surface area contributed by atoms with E-state index in [4.69, 9.17) is 18.5 Å². The highest BCUT2D eigenvalue weighted by molar-refractivity contribution is 7.48. The molecule has 0 radical (unpaired) electrons. The minimum absolute atomic E-state index is 0.302. The number of phosphoric acid groups is 1. The van der Waals surface area contributed by atoms with Crippen molar-refractivity contribution in [3.63, 3.8) is 0 Å². The van der Waals surface area contributed by atoms with Crippen molar-refractivity contribution >= 4 is 13.9 Å². The maximum Gasteiger partial charge on any atom is 0.584 e. The molecule has 2 aromatic carbocycles. The zero-order valence-corrected chi connectivity index (χ0v) is 17.1. The lowest BCUT2D eigenvalue weighted by Gasteiger charge is -2.14. The topological polar surface area (TPSA) is 74.2 Å². The van der Waals surface area contributed by atoms with E-state index in [2.05, 4.69) is 0 Å². The normalized spacial score (nSPS) is 18.9. The molecular weight excluding hydrogens is 379 g/mol. The molecule has 0 aromatic heterocycles. The van der Waals surface area contributed by atoms with E-state index in [0.717, 1.165) is 29.9 Å². The number of phosphoric ester groups is 1. The van der Waals surface area contributed by atoms with Crippen LogP contribution in [0.5, 0.6) is 5.75 Å². The van der Waals surface area contributed by atoms with E-state index in [1.165, 1.54) is 0 Å². The van der Waals surface area contributed by atoms with Gasteiger partial charge in [0.2, 0.25) is 0 Å². The highest BCUT2D eigenvalue weighted by atomic mass is 31.2. The Morgan fingerprint density at radius 1 is 1.00 bits per heavy atom. The number of allylic oxidation sites excluding steroid dienone is 1. The van der Waals surface area contributed by atoms with Gasteiger partial charge < -0.3 is 18.5 Å². The van der Waals surface area contributed by atoms with Gasteiger partial charge in [0.05, 0.1) is 13.2 Å². The SMILES string of the molecule is CC1(C)OCCO1.Cc1cccc2c1C=C(OP(=O)(O)Oc1ccccc1)C2. The van der Waals surface area contributed by atoms with Crippen LogP contribution in [0.15, 0.2) is 54.3 Å². The molecule has 1 aliphatic heterocycles. The minimum atomic E-state index is -4.18. The van der Waals surface area contributed by atoms with Gasteiger partial charge in [-0.1, -0.05) is 36.4 Å². The Labute approximate surface area is 165 Å². The van der Waals surface area contributed by atoms with Gasteiger partial charge in [0.1, 0.15) is 11.5 Å². The zero-order valence-electron chi connectivity index (χ0n) is 16.3. The summed E-state index contributed by atoms with van der Waals surface area (Å²) in [6, 6.07) is 14.4. The largest absolute Gasteiger partial charge is 0.584 e. The molecule has 1 N–H and O–H groups in total. The molecule has 6 nitrogen and oxygen atoms in total. The Balaban J connectivity index is 0.000000271. The summed E-state index contributed by atoms with van der Waals surface area (Å²) in [7, 11) is -4.18. The monoisotopic (exact) mass is 404 g/mol. The van der Waals surface area contributed by atoms with Crippen molar-refractivity contribution in [3.8, 4) is 5.75 Å². The van der Waals surface area contributed by atoms with Gasteiger partial charge in [-0.25, -0.2) is 4.57 Å². The molecule has 0 bridgehead atoms. The van der Waals surface area contributed by atoms with Gasteiger partial charge in [0.25, 0.3) is 0 Å². The molecule has 1 saturated heterocycles. The van der Waals surface area contributed by atoms with Crippen molar-refractivity contribution in [3.05, 3.63) is 71.0 Å². The predicted octanol–water partition coefficient (Wildman–Crippen LogP) is 4.86. The van der Waals surface area contributed by atoms with E-state index in [1.54, 1.807) is 36.4 Å². The summed E-state index contributed by atoms with van der Waals surface area (Å²) in [5.41, 5.74) is 3.25. The third kappa shape index (κ3) is 5.69. The quantitative estimate of drug-likeness (QED) is 0.734. The Kier molecular flexibility index (Phi) is 6.26. The summed E-state index contributed by atoms with van der Waals surface area (Å²) >= 11 is 0. The first-order chi connectivity index (χ1) is 13.2. The van der Waals surface area contributed by atoms with Crippen LogP contribution < -0.4 is 4.52 Å². The molecule has 0 spiro atoms. The van der Waals surface area contributed by atoms with Crippen LogP contribution >= 0.6 is 7.82 Å². The number of benzene rings is 2.